The third-order valence-corrected chi connectivity index (χ3v) is 11.5. The molecule has 0 fully saturated rings. The normalized spacial score (nSPS) is 12.6. The van der Waals surface area contributed by atoms with Crippen molar-refractivity contribution < 1.29 is 0 Å². The Balaban J connectivity index is 1.24. The summed E-state index contributed by atoms with van der Waals surface area (Å²) in [5.74, 6) is 0. The molecule has 1 aliphatic carbocycles. The van der Waals surface area contributed by atoms with Crippen LogP contribution in [0.5, 0.6) is 0 Å². The van der Waals surface area contributed by atoms with Crippen molar-refractivity contribution in [3.8, 4) is 55.6 Å². The van der Waals surface area contributed by atoms with E-state index in [1.165, 1.54) is 66.8 Å². The third kappa shape index (κ3) is 5.80. The van der Waals surface area contributed by atoms with Gasteiger partial charge in [0, 0.05) is 26.8 Å². The van der Waals surface area contributed by atoms with E-state index in [2.05, 4.69) is 229 Å². The first kappa shape index (κ1) is 32.9. The van der Waals surface area contributed by atoms with Gasteiger partial charge in [-0.15, -0.1) is 0 Å². The lowest BCUT2D eigenvalue weighted by molar-refractivity contribution is 0.660. The Morgan fingerprint density at radius 2 is 0.811 bits per heavy atom. The van der Waals surface area contributed by atoms with Crippen molar-refractivity contribution in [1.29, 1.82) is 0 Å². The first-order valence-electron chi connectivity index (χ1n) is 18.2. The molecule has 2 heteroatoms. The van der Waals surface area contributed by atoms with E-state index in [1.54, 1.807) is 0 Å². The number of hydrogen-bond acceptors (Lipinski definition) is 1. The molecule has 1 nitrogen and oxygen atoms in total. The minimum absolute atomic E-state index is 0.119. The zero-order valence-electron chi connectivity index (χ0n) is 29.8. The molecule has 1 aliphatic rings. The molecule has 0 N–H and O–H groups in total. The van der Waals surface area contributed by atoms with Gasteiger partial charge in [-0.1, -0.05) is 188 Å². The summed E-state index contributed by atoms with van der Waals surface area (Å²) in [6.45, 7) is 4.71. The number of hydrogen-bond donors (Lipinski definition) is 0. The van der Waals surface area contributed by atoms with Gasteiger partial charge in [-0.05, 0) is 97.6 Å². The van der Waals surface area contributed by atoms with Crippen molar-refractivity contribution in [1.82, 2.24) is 0 Å². The molecule has 8 aromatic rings. The SMILES string of the molecule is CC1(C)c2ccccc2-c2ccc(N(c3ccc(-c4ccccc4)cc3)c3ccccc3-c3ccccc3-c3ccccc3-c3ccccc3Br)cc21. The predicted octanol–water partition coefficient (Wildman–Crippen LogP) is 14.9. The highest BCUT2D eigenvalue weighted by Gasteiger charge is 2.36. The number of fused-ring (bicyclic) bond motifs is 3. The molecule has 0 unspecified atom stereocenters. The van der Waals surface area contributed by atoms with Crippen molar-refractivity contribution in [2.45, 2.75) is 19.3 Å². The maximum atomic E-state index is 3.84. The monoisotopic (exact) mass is 743 g/mol. The fourth-order valence-electron chi connectivity index (χ4n) is 8.17. The molecule has 0 bridgehead atoms. The van der Waals surface area contributed by atoms with E-state index in [9.17, 15) is 0 Å². The van der Waals surface area contributed by atoms with Crippen LogP contribution in [0, 0.1) is 0 Å². The number of halogens is 1. The highest BCUT2D eigenvalue weighted by atomic mass is 79.9. The number of para-hydroxylation sites is 1. The molecule has 53 heavy (non-hydrogen) atoms. The van der Waals surface area contributed by atoms with Gasteiger partial charge in [0.2, 0.25) is 0 Å². The summed E-state index contributed by atoms with van der Waals surface area (Å²) >= 11 is 3.84. The fraction of sp³-hybridized carbons (Fsp3) is 0.0588. The summed E-state index contributed by atoms with van der Waals surface area (Å²) in [5.41, 5.74) is 18.1. The first-order valence-corrected chi connectivity index (χ1v) is 19.0. The van der Waals surface area contributed by atoms with Gasteiger partial charge in [0.25, 0.3) is 0 Å². The summed E-state index contributed by atoms with van der Waals surface area (Å²) in [4.78, 5) is 2.44. The summed E-state index contributed by atoms with van der Waals surface area (Å²) in [6.07, 6.45) is 0. The van der Waals surface area contributed by atoms with E-state index < -0.39 is 0 Å². The average molecular weight is 745 g/mol. The Bertz CT molecular complexity index is 2600. The molecular weight excluding hydrogens is 706 g/mol. The van der Waals surface area contributed by atoms with Gasteiger partial charge >= 0.3 is 0 Å². The molecule has 0 aromatic heterocycles. The minimum Gasteiger partial charge on any atom is -0.310 e. The lowest BCUT2D eigenvalue weighted by atomic mass is 9.82. The second kappa shape index (κ2) is 13.5. The lowest BCUT2D eigenvalue weighted by Gasteiger charge is -2.30. The zero-order valence-corrected chi connectivity index (χ0v) is 31.4. The van der Waals surface area contributed by atoms with Crippen molar-refractivity contribution in [3.05, 3.63) is 210 Å². The first-order chi connectivity index (χ1) is 26.0. The van der Waals surface area contributed by atoms with Crippen LogP contribution in [0.25, 0.3) is 55.6 Å². The molecule has 0 heterocycles. The topological polar surface area (TPSA) is 3.24 Å². The number of anilines is 3. The minimum atomic E-state index is -0.119. The van der Waals surface area contributed by atoms with Crippen LogP contribution in [0.15, 0.2) is 199 Å². The van der Waals surface area contributed by atoms with Gasteiger partial charge in [0.15, 0.2) is 0 Å². The lowest BCUT2D eigenvalue weighted by Crippen LogP contribution is -2.17. The van der Waals surface area contributed by atoms with Gasteiger partial charge in [-0.3, -0.25) is 0 Å². The molecule has 0 radical (unpaired) electrons. The van der Waals surface area contributed by atoms with E-state index in [-0.39, 0.29) is 5.41 Å². The maximum Gasteiger partial charge on any atom is 0.0540 e. The van der Waals surface area contributed by atoms with Crippen molar-refractivity contribution in [3.63, 3.8) is 0 Å². The molecule has 0 atom stereocenters. The molecule has 254 valence electrons. The van der Waals surface area contributed by atoms with Crippen LogP contribution in [0.3, 0.4) is 0 Å². The van der Waals surface area contributed by atoms with E-state index in [0.29, 0.717) is 0 Å². The molecule has 0 spiro atoms. The van der Waals surface area contributed by atoms with Crippen LogP contribution in [0.4, 0.5) is 17.1 Å². The second-order valence-corrected chi connectivity index (χ2v) is 15.1. The van der Waals surface area contributed by atoms with Crippen LogP contribution in [-0.4, -0.2) is 0 Å². The standard InChI is InChI=1S/C51H38BrN/c1-51(2)47-25-13-10-22-43(47)44-33-32-38(34-48(44)51)53(37-30-28-36(29-31-37)35-16-4-3-5-17-35)50-27-15-12-24-46(50)42-21-9-7-19-40(42)39-18-6-8-20-41(39)45-23-11-14-26-49(45)52/h3-34H,1-2H3. The summed E-state index contributed by atoms with van der Waals surface area (Å²) < 4.78 is 1.08. The molecule has 0 amide bonds. The highest BCUT2D eigenvalue weighted by molar-refractivity contribution is 9.10. The molecule has 9 rings (SSSR count). The van der Waals surface area contributed by atoms with E-state index >= 15 is 0 Å². The maximum absolute atomic E-state index is 3.84. The van der Waals surface area contributed by atoms with Gasteiger partial charge < -0.3 is 4.90 Å². The fourth-order valence-corrected chi connectivity index (χ4v) is 8.67. The van der Waals surface area contributed by atoms with E-state index in [4.69, 9.17) is 0 Å². The van der Waals surface area contributed by atoms with Crippen molar-refractivity contribution >= 4 is 33.0 Å². The Kier molecular flexibility index (Phi) is 8.41. The second-order valence-electron chi connectivity index (χ2n) is 14.2. The number of nitrogens with zero attached hydrogens (tertiary/aromatic N) is 1. The van der Waals surface area contributed by atoms with Crippen LogP contribution < -0.4 is 4.90 Å². The third-order valence-electron chi connectivity index (χ3n) is 10.8. The number of rotatable bonds is 7. The quantitative estimate of drug-likeness (QED) is 0.157. The Morgan fingerprint density at radius 1 is 0.358 bits per heavy atom. The zero-order chi connectivity index (χ0) is 35.9. The Labute approximate surface area is 321 Å². The van der Waals surface area contributed by atoms with Crippen LogP contribution in [-0.2, 0) is 5.41 Å². The summed E-state index contributed by atoms with van der Waals surface area (Å²) in [5, 5.41) is 0. The average Bonchev–Trinajstić information content (AvgIpc) is 3.44. The molecule has 0 saturated heterocycles. The summed E-state index contributed by atoms with van der Waals surface area (Å²) in [6, 6.07) is 70.5. The van der Waals surface area contributed by atoms with E-state index in [1.807, 2.05) is 0 Å². The van der Waals surface area contributed by atoms with Crippen molar-refractivity contribution in [2.75, 3.05) is 4.90 Å². The Hall–Kier alpha value is -5.96. The Morgan fingerprint density at radius 3 is 1.47 bits per heavy atom. The summed E-state index contributed by atoms with van der Waals surface area (Å²) in [7, 11) is 0. The number of benzene rings is 8. The van der Waals surface area contributed by atoms with Gasteiger partial charge in [0.05, 0.1) is 5.69 Å². The highest BCUT2D eigenvalue weighted by Crippen LogP contribution is 2.52. The molecular formula is C51H38BrN. The van der Waals surface area contributed by atoms with Gasteiger partial charge in [-0.2, -0.15) is 0 Å². The van der Waals surface area contributed by atoms with E-state index in [0.717, 1.165) is 21.5 Å². The van der Waals surface area contributed by atoms with Crippen LogP contribution >= 0.6 is 15.9 Å². The van der Waals surface area contributed by atoms with Crippen LogP contribution in [0.2, 0.25) is 0 Å². The van der Waals surface area contributed by atoms with Crippen LogP contribution in [0.1, 0.15) is 25.0 Å². The van der Waals surface area contributed by atoms with Crippen molar-refractivity contribution in [2.24, 2.45) is 0 Å². The van der Waals surface area contributed by atoms with Gasteiger partial charge in [0.1, 0.15) is 0 Å². The largest absolute Gasteiger partial charge is 0.310 e. The molecule has 0 aliphatic heterocycles. The molecule has 8 aromatic carbocycles. The predicted molar refractivity (Wildman–Crippen MR) is 228 cm³/mol. The molecule has 0 saturated carbocycles. The smallest absolute Gasteiger partial charge is 0.0540 e. The van der Waals surface area contributed by atoms with Gasteiger partial charge in [-0.25, -0.2) is 0 Å².